The van der Waals surface area contributed by atoms with Crippen LogP contribution in [0.1, 0.15) is 83.8 Å². The van der Waals surface area contributed by atoms with Crippen LogP contribution >= 0.6 is 0 Å². The van der Waals surface area contributed by atoms with Crippen molar-refractivity contribution in [2.24, 2.45) is 11.8 Å². The second kappa shape index (κ2) is 15.4. The summed E-state index contributed by atoms with van der Waals surface area (Å²) in [5.41, 5.74) is 1.69. The van der Waals surface area contributed by atoms with Gasteiger partial charge in [0.2, 0.25) is 17.7 Å². The van der Waals surface area contributed by atoms with Gasteiger partial charge in [-0.3, -0.25) is 14.4 Å². The van der Waals surface area contributed by atoms with Crippen LogP contribution in [0.3, 0.4) is 0 Å². The van der Waals surface area contributed by atoms with Crippen molar-refractivity contribution in [1.29, 1.82) is 0 Å². The molecule has 222 valence electrons. The molecule has 0 spiro atoms. The number of carbonyl (C=O) groups is 4. The van der Waals surface area contributed by atoms with Gasteiger partial charge in [0, 0.05) is 5.92 Å². The van der Waals surface area contributed by atoms with Crippen molar-refractivity contribution in [3.05, 3.63) is 71.8 Å². The molecule has 0 unspecified atom stereocenters. The number of esters is 1. The van der Waals surface area contributed by atoms with Crippen molar-refractivity contribution in [3.63, 3.8) is 0 Å². The van der Waals surface area contributed by atoms with Gasteiger partial charge in [0.25, 0.3) is 0 Å². The zero-order valence-electron chi connectivity index (χ0n) is 24.9. The predicted octanol–water partition coefficient (Wildman–Crippen LogP) is 4.48. The minimum Gasteiger partial charge on any atom is -0.460 e. The van der Waals surface area contributed by atoms with Crippen molar-refractivity contribution in [1.82, 2.24) is 16.0 Å². The zero-order chi connectivity index (χ0) is 29.9. The molecule has 0 aromatic heterocycles. The highest BCUT2D eigenvalue weighted by atomic mass is 16.5. The predicted molar refractivity (Wildman–Crippen MR) is 159 cm³/mol. The Hall–Kier alpha value is -3.68. The van der Waals surface area contributed by atoms with Crippen molar-refractivity contribution in [3.8, 4) is 0 Å². The van der Waals surface area contributed by atoms with E-state index in [1.165, 1.54) is 0 Å². The van der Waals surface area contributed by atoms with Crippen LogP contribution in [0.5, 0.6) is 0 Å². The number of hydrogen-bond acceptors (Lipinski definition) is 5. The molecule has 2 aromatic rings. The fourth-order valence-electron chi connectivity index (χ4n) is 5.22. The van der Waals surface area contributed by atoms with Gasteiger partial charge < -0.3 is 20.7 Å². The number of unbranched alkanes of at least 4 members (excludes halogenated alkanes) is 1. The molecular weight excluding hydrogens is 518 g/mol. The van der Waals surface area contributed by atoms with Gasteiger partial charge in [0.15, 0.2) is 0 Å². The first-order chi connectivity index (χ1) is 19.7. The first kappa shape index (κ1) is 31.8. The third-order valence-electron chi connectivity index (χ3n) is 8.07. The Bertz CT molecular complexity index is 1120. The minimum atomic E-state index is -1.02. The molecule has 1 saturated heterocycles. The second-order valence-electron chi connectivity index (χ2n) is 11.2. The molecule has 3 amide bonds. The number of carbonyl (C=O) groups excluding carboxylic acids is 4. The monoisotopic (exact) mass is 563 g/mol. The number of nitrogens with one attached hydrogen (secondary N) is 3. The highest BCUT2D eigenvalue weighted by Crippen LogP contribution is 2.29. The van der Waals surface area contributed by atoms with Crippen LogP contribution in [0, 0.1) is 11.8 Å². The van der Waals surface area contributed by atoms with E-state index in [-0.39, 0.29) is 18.3 Å². The van der Waals surface area contributed by atoms with Crippen molar-refractivity contribution in [2.75, 3.05) is 0 Å². The van der Waals surface area contributed by atoms with Gasteiger partial charge in [0.05, 0.1) is 6.42 Å². The molecule has 0 radical (unpaired) electrons. The lowest BCUT2D eigenvalue weighted by Gasteiger charge is -2.30. The summed E-state index contributed by atoms with van der Waals surface area (Å²) in [5, 5.41) is 8.57. The van der Waals surface area contributed by atoms with E-state index in [4.69, 9.17) is 4.74 Å². The van der Waals surface area contributed by atoms with E-state index in [0.29, 0.717) is 6.42 Å². The maximum atomic E-state index is 13.9. The van der Waals surface area contributed by atoms with Gasteiger partial charge in [-0.05, 0) is 36.3 Å². The largest absolute Gasteiger partial charge is 0.460 e. The summed E-state index contributed by atoms with van der Waals surface area (Å²) in [6.07, 6.45) is 2.52. The highest BCUT2D eigenvalue weighted by molar-refractivity contribution is 5.94. The highest BCUT2D eigenvalue weighted by Gasteiger charge is 2.38. The first-order valence-electron chi connectivity index (χ1n) is 14.9. The van der Waals surface area contributed by atoms with E-state index in [2.05, 4.69) is 22.9 Å². The van der Waals surface area contributed by atoms with E-state index < -0.39 is 53.8 Å². The van der Waals surface area contributed by atoms with Gasteiger partial charge in [-0.1, -0.05) is 108 Å². The van der Waals surface area contributed by atoms with E-state index >= 15 is 0 Å². The summed E-state index contributed by atoms with van der Waals surface area (Å²) in [6.45, 7) is 9.43. The fraction of sp³-hybridized carbons (Fsp3) is 0.515. The number of hydrogen-bond donors (Lipinski definition) is 3. The standard InChI is InChI=1S/C33H45N3O5/c1-6-8-15-22(4)26-20-27(37)35-30(28(24-16-11-9-12-17-24)25-18-13-10-14-19-25)32(39)34-23(5)31(38)36-29(21(3)7-2)33(40)41-26/h9-14,16-19,21-23,26,28-30H,6-8,15,20H2,1-5H3,(H,34,39)(H,35,37)(H,36,38)/t21-,22-,23-,26+,29+,30-/m0/s1. The summed E-state index contributed by atoms with van der Waals surface area (Å²) in [4.78, 5) is 54.2. The lowest BCUT2D eigenvalue weighted by Crippen LogP contribution is -2.56. The number of ether oxygens (including phenoxy) is 1. The summed E-state index contributed by atoms with van der Waals surface area (Å²) >= 11 is 0. The van der Waals surface area contributed by atoms with E-state index in [9.17, 15) is 19.2 Å². The van der Waals surface area contributed by atoms with Crippen LogP contribution in [-0.4, -0.2) is 47.9 Å². The molecule has 8 nitrogen and oxygen atoms in total. The van der Waals surface area contributed by atoms with E-state index in [1.54, 1.807) is 6.92 Å². The molecule has 8 heteroatoms. The van der Waals surface area contributed by atoms with Gasteiger partial charge in [-0.15, -0.1) is 0 Å². The molecule has 41 heavy (non-hydrogen) atoms. The van der Waals surface area contributed by atoms with Gasteiger partial charge >= 0.3 is 5.97 Å². The quantitative estimate of drug-likeness (QED) is 0.390. The lowest BCUT2D eigenvalue weighted by molar-refractivity contribution is -0.158. The normalized spacial score (nSPS) is 24.0. The Morgan fingerprint density at radius 3 is 1.90 bits per heavy atom. The SMILES string of the molecule is CCCC[C@H](C)[C@H]1CC(=O)N[C@@H](C(c2ccccc2)c2ccccc2)C(=O)N[C@@H](C)C(=O)N[C@H]([C@@H](C)CC)C(=O)O1. The van der Waals surface area contributed by atoms with Gasteiger partial charge in [-0.25, -0.2) is 4.79 Å². The van der Waals surface area contributed by atoms with Gasteiger partial charge in [0.1, 0.15) is 24.2 Å². The molecule has 0 bridgehead atoms. The zero-order valence-corrected chi connectivity index (χ0v) is 24.9. The summed E-state index contributed by atoms with van der Waals surface area (Å²) < 4.78 is 5.98. The second-order valence-corrected chi connectivity index (χ2v) is 11.2. The lowest BCUT2D eigenvalue weighted by atomic mass is 9.84. The maximum absolute atomic E-state index is 13.9. The molecule has 0 aliphatic carbocycles. The molecule has 1 heterocycles. The minimum absolute atomic E-state index is 0.0895. The van der Waals surface area contributed by atoms with E-state index in [0.717, 1.165) is 30.4 Å². The number of benzene rings is 2. The Morgan fingerprint density at radius 2 is 1.37 bits per heavy atom. The molecule has 3 rings (SSSR count). The van der Waals surface area contributed by atoms with Crippen LogP contribution < -0.4 is 16.0 Å². The van der Waals surface area contributed by atoms with Crippen LogP contribution in [0.15, 0.2) is 60.7 Å². The molecule has 1 aliphatic rings. The average Bonchev–Trinajstić information content (AvgIpc) is 2.98. The van der Waals surface area contributed by atoms with Crippen LogP contribution in [0.2, 0.25) is 0 Å². The average molecular weight is 564 g/mol. The third kappa shape index (κ3) is 8.65. The number of amides is 3. The molecule has 1 fully saturated rings. The number of cyclic esters (lactones) is 1. The van der Waals surface area contributed by atoms with Crippen LogP contribution in [0.4, 0.5) is 0 Å². The molecule has 2 aromatic carbocycles. The Labute approximate surface area is 244 Å². The summed E-state index contributed by atoms with van der Waals surface area (Å²) in [6, 6.07) is 16.2. The Balaban J connectivity index is 2.06. The smallest absolute Gasteiger partial charge is 0.329 e. The molecular formula is C33H45N3O5. The van der Waals surface area contributed by atoms with Gasteiger partial charge in [-0.2, -0.15) is 0 Å². The topological polar surface area (TPSA) is 114 Å². The van der Waals surface area contributed by atoms with Crippen molar-refractivity contribution >= 4 is 23.7 Å². The molecule has 6 atom stereocenters. The van der Waals surface area contributed by atoms with Crippen molar-refractivity contribution in [2.45, 2.75) is 96.9 Å². The Morgan fingerprint density at radius 1 is 0.780 bits per heavy atom. The van der Waals surface area contributed by atoms with Crippen LogP contribution in [-0.2, 0) is 23.9 Å². The number of rotatable bonds is 9. The molecule has 0 saturated carbocycles. The molecule has 1 aliphatic heterocycles. The fourth-order valence-corrected chi connectivity index (χ4v) is 5.22. The van der Waals surface area contributed by atoms with E-state index in [1.807, 2.05) is 81.4 Å². The first-order valence-corrected chi connectivity index (χ1v) is 14.9. The Kier molecular flexibility index (Phi) is 11.9. The maximum Gasteiger partial charge on any atom is 0.329 e. The summed E-state index contributed by atoms with van der Waals surface area (Å²) in [7, 11) is 0. The van der Waals surface area contributed by atoms with Crippen LogP contribution in [0.25, 0.3) is 0 Å². The van der Waals surface area contributed by atoms with Crippen molar-refractivity contribution < 1.29 is 23.9 Å². The summed E-state index contributed by atoms with van der Waals surface area (Å²) in [5.74, 6) is -2.74. The third-order valence-corrected chi connectivity index (χ3v) is 8.07. The molecule has 3 N–H and O–H groups in total.